The monoisotopic (exact) mass is 455 g/mol. The van der Waals surface area contributed by atoms with Crippen molar-refractivity contribution in [2.24, 2.45) is 0 Å². The predicted molar refractivity (Wildman–Crippen MR) is 120 cm³/mol. The summed E-state index contributed by atoms with van der Waals surface area (Å²) in [5.74, 6) is -2.59. The maximum atomic E-state index is 12.9. The summed E-state index contributed by atoms with van der Waals surface area (Å²) < 4.78 is 1.48. The Morgan fingerprint density at radius 1 is 1.21 bits per heavy atom. The van der Waals surface area contributed by atoms with Gasteiger partial charge < -0.3 is 25.8 Å². The van der Waals surface area contributed by atoms with Gasteiger partial charge >= 0.3 is 11.9 Å². The zero-order chi connectivity index (χ0) is 24.3. The third kappa shape index (κ3) is 4.86. The van der Waals surface area contributed by atoms with Crippen molar-refractivity contribution in [3.8, 4) is 0 Å². The van der Waals surface area contributed by atoms with Gasteiger partial charge in [0, 0.05) is 25.6 Å². The van der Waals surface area contributed by atoms with Crippen molar-refractivity contribution in [2.75, 3.05) is 12.8 Å². The number of nitrogens with two attached hydrogens (primary N) is 1. The zero-order valence-corrected chi connectivity index (χ0v) is 18.2. The van der Waals surface area contributed by atoms with E-state index in [0.717, 1.165) is 10.5 Å². The lowest BCUT2D eigenvalue weighted by Gasteiger charge is -2.35. The summed E-state index contributed by atoms with van der Waals surface area (Å²) in [4.78, 5) is 56.1. The smallest absolute Gasteiger partial charge is 0.329 e. The van der Waals surface area contributed by atoms with E-state index in [1.807, 2.05) is 0 Å². The van der Waals surface area contributed by atoms with E-state index in [0.29, 0.717) is 29.8 Å². The van der Waals surface area contributed by atoms with E-state index in [2.05, 4.69) is 9.97 Å². The van der Waals surface area contributed by atoms with Gasteiger partial charge in [0.25, 0.3) is 11.5 Å². The predicted octanol–water partition coefficient (Wildman–Crippen LogP) is 1.33. The SMILES string of the molecule is CN(C(=O)c1ccc(CCn2cnc3[nH]c(N)cc3c2=O)cc1)[C@@](C)(CCC(=O)O)C(=O)O. The third-order valence-corrected chi connectivity index (χ3v) is 5.81. The second-order valence-corrected chi connectivity index (χ2v) is 8.01. The highest BCUT2D eigenvalue weighted by molar-refractivity contribution is 5.97. The first-order valence-electron chi connectivity index (χ1n) is 10.2. The molecule has 33 heavy (non-hydrogen) atoms. The topological polar surface area (TPSA) is 172 Å². The van der Waals surface area contributed by atoms with E-state index in [1.54, 1.807) is 30.3 Å². The number of aromatic nitrogens is 3. The van der Waals surface area contributed by atoms with Crippen LogP contribution in [-0.2, 0) is 22.6 Å². The molecule has 3 rings (SSSR count). The molecule has 0 aliphatic carbocycles. The summed E-state index contributed by atoms with van der Waals surface area (Å²) in [6.45, 7) is 1.69. The first-order chi connectivity index (χ1) is 15.5. The van der Waals surface area contributed by atoms with Gasteiger partial charge in [-0.05, 0) is 43.5 Å². The Bertz CT molecular complexity index is 1260. The molecule has 1 aromatic carbocycles. The van der Waals surface area contributed by atoms with Crippen molar-refractivity contribution in [2.45, 2.75) is 38.3 Å². The molecule has 0 fully saturated rings. The number of aromatic amines is 1. The number of H-pyrrole nitrogens is 1. The van der Waals surface area contributed by atoms with Crippen LogP contribution in [0.5, 0.6) is 0 Å². The summed E-state index contributed by atoms with van der Waals surface area (Å²) in [5.41, 5.74) is 5.36. The molecule has 0 saturated carbocycles. The average molecular weight is 455 g/mol. The fourth-order valence-corrected chi connectivity index (χ4v) is 3.47. The van der Waals surface area contributed by atoms with Crippen molar-refractivity contribution in [3.05, 3.63) is 58.1 Å². The minimum atomic E-state index is -1.66. The number of hydrogen-bond acceptors (Lipinski definition) is 6. The molecule has 0 spiro atoms. The number of likely N-dealkylation sites (N-methyl/N-ethyl adjacent to an activating group) is 1. The molecule has 0 radical (unpaired) electrons. The van der Waals surface area contributed by atoms with Crippen LogP contribution in [0.4, 0.5) is 5.82 Å². The molecule has 5 N–H and O–H groups in total. The third-order valence-electron chi connectivity index (χ3n) is 5.81. The number of nitrogens with zero attached hydrogens (tertiary/aromatic N) is 3. The highest BCUT2D eigenvalue weighted by Gasteiger charge is 2.40. The van der Waals surface area contributed by atoms with Gasteiger partial charge in [0.15, 0.2) is 0 Å². The van der Waals surface area contributed by atoms with Crippen LogP contribution in [0.15, 0.2) is 41.5 Å². The van der Waals surface area contributed by atoms with Crippen LogP contribution < -0.4 is 11.3 Å². The van der Waals surface area contributed by atoms with Gasteiger partial charge in [-0.2, -0.15) is 0 Å². The molecule has 0 saturated heterocycles. The number of carboxylic acid groups (broad SMARTS) is 2. The van der Waals surface area contributed by atoms with Crippen molar-refractivity contribution in [3.63, 3.8) is 0 Å². The van der Waals surface area contributed by atoms with E-state index in [9.17, 15) is 24.3 Å². The highest BCUT2D eigenvalue weighted by atomic mass is 16.4. The van der Waals surface area contributed by atoms with Crippen LogP contribution >= 0.6 is 0 Å². The lowest BCUT2D eigenvalue weighted by atomic mass is 9.93. The Morgan fingerprint density at radius 2 is 1.88 bits per heavy atom. The van der Waals surface area contributed by atoms with Crippen LogP contribution in [0.1, 0.15) is 35.7 Å². The molecule has 2 heterocycles. The van der Waals surface area contributed by atoms with Crippen molar-refractivity contribution in [1.82, 2.24) is 19.4 Å². The second kappa shape index (κ2) is 9.15. The minimum absolute atomic E-state index is 0.212. The number of aliphatic carboxylic acids is 2. The van der Waals surface area contributed by atoms with Crippen LogP contribution in [-0.4, -0.2) is 60.1 Å². The van der Waals surface area contributed by atoms with Gasteiger partial charge in [0.05, 0.1) is 11.7 Å². The van der Waals surface area contributed by atoms with Crippen LogP contribution in [0.25, 0.3) is 11.0 Å². The van der Waals surface area contributed by atoms with Gasteiger partial charge in [-0.15, -0.1) is 0 Å². The molecule has 2 aromatic heterocycles. The first-order valence-corrected chi connectivity index (χ1v) is 10.2. The molecular formula is C22H25N5O6. The summed E-state index contributed by atoms with van der Waals surface area (Å²) in [6.07, 6.45) is 1.34. The Labute approximate surface area is 188 Å². The fourth-order valence-electron chi connectivity index (χ4n) is 3.47. The number of benzene rings is 1. The second-order valence-electron chi connectivity index (χ2n) is 8.01. The number of carboxylic acids is 2. The number of fused-ring (bicyclic) bond motifs is 1. The lowest BCUT2D eigenvalue weighted by molar-refractivity contribution is -0.149. The van der Waals surface area contributed by atoms with Gasteiger partial charge in [-0.1, -0.05) is 12.1 Å². The summed E-state index contributed by atoms with van der Waals surface area (Å²) in [6, 6.07) is 8.14. The number of nitrogens with one attached hydrogen (secondary N) is 1. The minimum Gasteiger partial charge on any atom is -0.481 e. The molecule has 0 aliphatic heterocycles. The Balaban J connectivity index is 1.71. The number of amides is 1. The fraction of sp³-hybridized carbons (Fsp3) is 0.318. The molecule has 1 amide bonds. The number of rotatable bonds is 9. The number of nitrogen functional groups attached to an aromatic ring is 1. The molecule has 3 aromatic rings. The average Bonchev–Trinajstić information content (AvgIpc) is 3.17. The number of carbonyl (C=O) groups is 3. The summed E-state index contributed by atoms with van der Waals surface area (Å²) in [7, 11) is 1.34. The maximum absolute atomic E-state index is 12.9. The first kappa shape index (κ1) is 23.5. The van der Waals surface area contributed by atoms with Gasteiger partial charge in [0.2, 0.25) is 0 Å². The normalized spacial score (nSPS) is 12.9. The maximum Gasteiger partial charge on any atom is 0.329 e. The number of aryl methyl sites for hydroxylation is 2. The van der Waals surface area contributed by atoms with Crippen LogP contribution in [0.3, 0.4) is 0 Å². The molecular weight excluding hydrogens is 430 g/mol. The van der Waals surface area contributed by atoms with E-state index < -0.39 is 23.4 Å². The van der Waals surface area contributed by atoms with Crippen LogP contribution in [0.2, 0.25) is 0 Å². The quantitative estimate of drug-likeness (QED) is 0.374. The summed E-state index contributed by atoms with van der Waals surface area (Å²) in [5, 5.41) is 18.9. The number of hydrogen-bond donors (Lipinski definition) is 4. The largest absolute Gasteiger partial charge is 0.481 e. The molecule has 174 valence electrons. The highest BCUT2D eigenvalue weighted by Crippen LogP contribution is 2.23. The van der Waals surface area contributed by atoms with Crippen molar-refractivity contribution >= 4 is 34.7 Å². The van der Waals surface area contributed by atoms with Gasteiger partial charge in [0.1, 0.15) is 17.0 Å². The molecule has 11 nitrogen and oxygen atoms in total. The summed E-state index contributed by atoms with van der Waals surface area (Å²) >= 11 is 0. The molecule has 0 aliphatic rings. The number of anilines is 1. The molecule has 11 heteroatoms. The van der Waals surface area contributed by atoms with E-state index in [4.69, 9.17) is 10.8 Å². The molecule has 1 atom stereocenters. The van der Waals surface area contributed by atoms with Crippen LogP contribution in [0, 0.1) is 0 Å². The Kier molecular flexibility index (Phi) is 6.52. The van der Waals surface area contributed by atoms with Crippen molar-refractivity contribution in [1.29, 1.82) is 0 Å². The number of carbonyl (C=O) groups excluding carboxylic acids is 1. The van der Waals surface area contributed by atoms with Crippen molar-refractivity contribution < 1.29 is 24.6 Å². The van der Waals surface area contributed by atoms with E-state index >= 15 is 0 Å². The van der Waals surface area contributed by atoms with Gasteiger partial charge in [-0.25, -0.2) is 9.78 Å². The zero-order valence-electron chi connectivity index (χ0n) is 18.2. The molecule has 0 bridgehead atoms. The standard InChI is InChI=1S/C22H25N5O6/c1-22(21(32)33,9-7-17(28)29)26(2)19(30)14-5-3-13(4-6-14)8-10-27-12-24-18-15(20(27)31)11-16(23)25-18/h3-6,11-12,25H,7-10,23H2,1-2H3,(H,28,29)(H,32,33)/t22-/m0/s1. The van der Waals surface area contributed by atoms with E-state index in [-0.39, 0.29) is 24.0 Å². The van der Waals surface area contributed by atoms with Gasteiger partial charge in [-0.3, -0.25) is 19.0 Å². The molecule has 0 unspecified atom stereocenters. The lowest BCUT2D eigenvalue weighted by Crippen LogP contribution is -2.53. The van der Waals surface area contributed by atoms with E-state index in [1.165, 1.54) is 24.9 Å². The Morgan fingerprint density at radius 3 is 2.48 bits per heavy atom. The Hall–Kier alpha value is -4.15.